The molecule has 0 saturated carbocycles. The Morgan fingerprint density at radius 3 is 2.33 bits per heavy atom. The molecule has 0 fully saturated rings. The molecule has 5 nitrogen and oxygen atoms in total. The topological polar surface area (TPSA) is 72.2 Å². The Labute approximate surface area is 114 Å². The molecular weight excluding hydrogens is 300 g/mol. The summed E-state index contributed by atoms with van der Waals surface area (Å²) in [6, 6.07) is 2.91. The maximum absolute atomic E-state index is 11.8. The van der Waals surface area contributed by atoms with E-state index in [4.69, 9.17) is 0 Å². The number of carbonyl (C=O) groups excluding carboxylic acids is 1. The van der Waals surface area contributed by atoms with Crippen LogP contribution in [-0.2, 0) is 4.79 Å². The van der Waals surface area contributed by atoms with Gasteiger partial charge in [0.25, 0.3) is 5.69 Å². The van der Waals surface area contributed by atoms with E-state index in [1.165, 1.54) is 12.1 Å². The van der Waals surface area contributed by atoms with Crippen molar-refractivity contribution in [2.75, 3.05) is 5.32 Å². The number of nitro benzene ring substituents is 1. The Kier molecular flexibility index (Phi) is 4.84. The zero-order valence-electron chi connectivity index (χ0n) is 10.5. The van der Waals surface area contributed by atoms with Crippen LogP contribution < -0.4 is 5.32 Å². The first-order valence-electron chi connectivity index (χ1n) is 5.57. The van der Waals surface area contributed by atoms with Gasteiger partial charge in [-0.25, -0.2) is 0 Å². The van der Waals surface area contributed by atoms with Crippen LogP contribution in [0, 0.1) is 24.0 Å². The molecule has 0 heterocycles. The summed E-state index contributed by atoms with van der Waals surface area (Å²) < 4.78 is 0. The molecule has 1 atom stereocenters. The number of nitrogens with one attached hydrogen (secondary N) is 1. The first kappa shape index (κ1) is 14.6. The number of aryl methyl sites for hydroxylation is 2. The summed E-state index contributed by atoms with van der Waals surface area (Å²) in [5.41, 5.74) is 2.05. The number of hydrogen-bond acceptors (Lipinski definition) is 3. The lowest BCUT2D eigenvalue weighted by molar-refractivity contribution is -0.384. The quantitative estimate of drug-likeness (QED) is 0.526. The molecule has 1 rings (SSSR count). The monoisotopic (exact) mass is 314 g/mol. The molecule has 1 aromatic rings. The third kappa shape index (κ3) is 3.29. The van der Waals surface area contributed by atoms with Gasteiger partial charge in [-0.2, -0.15) is 0 Å². The Hall–Kier alpha value is -1.43. The molecular formula is C12H15BrN2O3. The van der Waals surface area contributed by atoms with E-state index >= 15 is 0 Å². The second-order valence-electron chi connectivity index (χ2n) is 4.08. The smallest absolute Gasteiger partial charge is 0.270 e. The number of amides is 1. The van der Waals surface area contributed by atoms with E-state index in [0.29, 0.717) is 23.2 Å². The van der Waals surface area contributed by atoms with E-state index in [1.54, 1.807) is 13.8 Å². The van der Waals surface area contributed by atoms with Gasteiger partial charge < -0.3 is 5.32 Å². The van der Waals surface area contributed by atoms with E-state index in [0.717, 1.165) is 0 Å². The van der Waals surface area contributed by atoms with Crippen molar-refractivity contribution in [1.29, 1.82) is 0 Å². The predicted molar refractivity (Wildman–Crippen MR) is 74.2 cm³/mol. The molecule has 0 aliphatic rings. The van der Waals surface area contributed by atoms with Crippen LogP contribution in [-0.4, -0.2) is 15.7 Å². The minimum Gasteiger partial charge on any atom is -0.325 e. The van der Waals surface area contributed by atoms with Gasteiger partial charge in [-0.05, 0) is 31.4 Å². The third-order valence-electron chi connectivity index (χ3n) is 2.62. The van der Waals surface area contributed by atoms with Crippen molar-refractivity contribution in [1.82, 2.24) is 0 Å². The van der Waals surface area contributed by atoms with Crippen LogP contribution in [0.15, 0.2) is 12.1 Å². The molecule has 1 amide bonds. The third-order valence-corrected chi connectivity index (χ3v) is 3.68. The summed E-state index contributed by atoms with van der Waals surface area (Å²) in [4.78, 5) is 21.8. The van der Waals surface area contributed by atoms with E-state index in [-0.39, 0.29) is 16.4 Å². The molecule has 0 radical (unpaired) electrons. The molecule has 0 aliphatic heterocycles. The maximum Gasteiger partial charge on any atom is 0.270 e. The van der Waals surface area contributed by atoms with Gasteiger partial charge in [0.15, 0.2) is 0 Å². The van der Waals surface area contributed by atoms with Crippen LogP contribution in [0.25, 0.3) is 0 Å². The van der Waals surface area contributed by atoms with Crippen LogP contribution in [0.4, 0.5) is 11.4 Å². The Morgan fingerprint density at radius 1 is 1.44 bits per heavy atom. The summed E-state index contributed by atoms with van der Waals surface area (Å²) in [5, 5.41) is 13.5. The number of alkyl halides is 1. The normalized spacial score (nSPS) is 12.0. The zero-order valence-corrected chi connectivity index (χ0v) is 12.1. The molecule has 6 heteroatoms. The number of anilines is 1. The average Bonchev–Trinajstić information content (AvgIpc) is 2.31. The molecule has 98 valence electrons. The number of nitro groups is 1. The molecule has 0 bridgehead atoms. The number of nitrogens with zero attached hydrogens (tertiary/aromatic N) is 1. The molecule has 0 aliphatic carbocycles. The minimum atomic E-state index is -0.440. The van der Waals surface area contributed by atoms with Crippen LogP contribution in [0.1, 0.15) is 24.5 Å². The molecule has 18 heavy (non-hydrogen) atoms. The fourth-order valence-electron chi connectivity index (χ4n) is 1.63. The average molecular weight is 315 g/mol. The van der Waals surface area contributed by atoms with Crippen LogP contribution in [0.2, 0.25) is 0 Å². The van der Waals surface area contributed by atoms with Gasteiger partial charge in [-0.1, -0.05) is 22.9 Å². The van der Waals surface area contributed by atoms with E-state index in [2.05, 4.69) is 21.2 Å². The number of rotatable bonds is 4. The highest BCUT2D eigenvalue weighted by molar-refractivity contribution is 9.10. The number of halogens is 1. The summed E-state index contributed by atoms with van der Waals surface area (Å²) in [6.07, 6.45) is 0.677. The first-order chi connectivity index (χ1) is 8.36. The SMILES string of the molecule is CCC(Br)C(=O)Nc1c(C)cc([N+](=O)[O-])cc1C. The molecule has 0 aromatic heterocycles. The van der Waals surface area contributed by atoms with Gasteiger partial charge in [0.05, 0.1) is 9.75 Å². The van der Waals surface area contributed by atoms with E-state index in [1.807, 2.05) is 6.92 Å². The maximum atomic E-state index is 11.8. The van der Waals surface area contributed by atoms with Crippen molar-refractivity contribution in [3.63, 3.8) is 0 Å². The first-order valence-corrected chi connectivity index (χ1v) is 6.49. The molecule has 1 unspecified atom stereocenters. The standard InChI is InChI=1S/C12H15BrN2O3/c1-4-10(13)12(16)14-11-7(2)5-9(15(17)18)6-8(11)3/h5-6,10H,4H2,1-3H3,(H,14,16). The van der Waals surface area contributed by atoms with Gasteiger partial charge in [0.2, 0.25) is 5.91 Å². The lowest BCUT2D eigenvalue weighted by atomic mass is 10.1. The largest absolute Gasteiger partial charge is 0.325 e. The second-order valence-corrected chi connectivity index (χ2v) is 5.18. The molecule has 0 spiro atoms. The molecule has 1 N–H and O–H groups in total. The predicted octanol–water partition coefficient (Wildman–Crippen LogP) is 3.32. The molecule has 0 saturated heterocycles. The summed E-state index contributed by atoms with van der Waals surface area (Å²) in [7, 11) is 0. The van der Waals surface area contributed by atoms with Crippen molar-refractivity contribution < 1.29 is 9.72 Å². The fourth-order valence-corrected chi connectivity index (χ4v) is 1.74. The number of hydrogen-bond donors (Lipinski definition) is 1. The van der Waals surface area contributed by atoms with E-state index < -0.39 is 4.92 Å². The summed E-state index contributed by atoms with van der Waals surface area (Å²) in [5.74, 6) is -0.141. The Balaban J connectivity index is 3.04. The van der Waals surface area contributed by atoms with Crippen molar-refractivity contribution >= 4 is 33.2 Å². The van der Waals surface area contributed by atoms with Crippen molar-refractivity contribution in [2.45, 2.75) is 32.0 Å². The lowest BCUT2D eigenvalue weighted by Gasteiger charge is -2.13. The lowest BCUT2D eigenvalue weighted by Crippen LogP contribution is -2.23. The van der Waals surface area contributed by atoms with Crippen molar-refractivity contribution in [3.05, 3.63) is 33.4 Å². The van der Waals surface area contributed by atoms with Gasteiger partial charge in [0.1, 0.15) is 0 Å². The number of non-ortho nitro benzene ring substituents is 1. The number of carbonyl (C=O) groups is 1. The van der Waals surface area contributed by atoms with E-state index in [9.17, 15) is 14.9 Å². The highest BCUT2D eigenvalue weighted by atomic mass is 79.9. The second kappa shape index (κ2) is 5.95. The van der Waals surface area contributed by atoms with Crippen molar-refractivity contribution in [2.24, 2.45) is 0 Å². The summed E-state index contributed by atoms with van der Waals surface area (Å²) in [6.45, 7) is 5.38. The van der Waals surface area contributed by atoms with Gasteiger partial charge in [-0.3, -0.25) is 14.9 Å². The van der Waals surface area contributed by atoms with Gasteiger partial charge >= 0.3 is 0 Å². The van der Waals surface area contributed by atoms with Crippen LogP contribution >= 0.6 is 15.9 Å². The van der Waals surface area contributed by atoms with Gasteiger partial charge in [-0.15, -0.1) is 0 Å². The fraction of sp³-hybridized carbons (Fsp3) is 0.417. The van der Waals surface area contributed by atoms with Crippen molar-refractivity contribution in [3.8, 4) is 0 Å². The van der Waals surface area contributed by atoms with Gasteiger partial charge in [0, 0.05) is 17.8 Å². The zero-order chi connectivity index (χ0) is 13.9. The Bertz CT molecular complexity index is 465. The minimum absolute atomic E-state index is 0.0360. The highest BCUT2D eigenvalue weighted by Crippen LogP contribution is 2.26. The van der Waals surface area contributed by atoms with Crippen LogP contribution in [0.3, 0.4) is 0 Å². The Morgan fingerprint density at radius 2 is 1.94 bits per heavy atom. The molecule has 1 aromatic carbocycles. The summed E-state index contributed by atoms with van der Waals surface area (Å²) >= 11 is 3.27. The van der Waals surface area contributed by atoms with Crippen LogP contribution in [0.5, 0.6) is 0 Å². The highest BCUT2D eigenvalue weighted by Gasteiger charge is 2.17. The number of benzene rings is 1.